The van der Waals surface area contributed by atoms with Crippen LogP contribution in [0, 0.1) is 6.92 Å². The number of aldehydes is 1. The largest absolute Gasteiger partial charge is 0.416 e. The number of aromatic nitrogens is 2. The molecule has 138 valence electrons. The van der Waals surface area contributed by atoms with E-state index in [9.17, 15) is 22.8 Å². The molecular formula is C16H14ClF3N4O2. The molecule has 10 heteroatoms. The minimum atomic E-state index is -4.44. The summed E-state index contributed by atoms with van der Waals surface area (Å²) in [6, 6.07) is 2.98. The highest BCUT2D eigenvalue weighted by molar-refractivity contribution is 6.16. The number of hydrazine groups is 1. The normalized spacial score (nSPS) is 18.7. The van der Waals surface area contributed by atoms with Crippen molar-refractivity contribution in [3.63, 3.8) is 0 Å². The molecule has 0 aliphatic carbocycles. The summed E-state index contributed by atoms with van der Waals surface area (Å²) in [4.78, 5) is 30.4. The van der Waals surface area contributed by atoms with Gasteiger partial charge in [0.05, 0.1) is 17.2 Å². The van der Waals surface area contributed by atoms with Gasteiger partial charge in [-0.25, -0.2) is 4.98 Å². The zero-order valence-electron chi connectivity index (χ0n) is 13.7. The fourth-order valence-electron chi connectivity index (χ4n) is 2.91. The lowest BCUT2D eigenvalue weighted by atomic mass is 10.1. The van der Waals surface area contributed by atoms with Crippen LogP contribution in [0.4, 0.5) is 19.0 Å². The van der Waals surface area contributed by atoms with Crippen molar-refractivity contribution in [2.24, 2.45) is 0 Å². The molecule has 2 atom stereocenters. The van der Waals surface area contributed by atoms with Crippen LogP contribution < -0.4 is 10.6 Å². The zero-order valence-corrected chi connectivity index (χ0v) is 14.5. The number of carbonyl (C=O) groups is 1. The van der Waals surface area contributed by atoms with Crippen molar-refractivity contribution in [2.45, 2.75) is 32.1 Å². The van der Waals surface area contributed by atoms with E-state index in [4.69, 9.17) is 11.8 Å². The third kappa shape index (κ3) is 2.97. The fourth-order valence-corrected chi connectivity index (χ4v) is 3.26. The first-order valence-electron chi connectivity index (χ1n) is 7.62. The lowest BCUT2D eigenvalue weighted by Gasteiger charge is -2.31. The molecule has 0 fully saturated rings. The van der Waals surface area contributed by atoms with Gasteiger partial charge in [0.2, 0.25) is 0 Å². The number of halogens is 4. The van der Waals surface area contributed by atoms with E-state index >= 15 is 0 Å². The smallest absolute Gasteiger partial charge is 0.310 e. The lowest BCUT2D eigenvalue weighted by Crippen LogP contribution is -2.35. The van der Waals surface area contributed by atoms with Crippen molar-refractivity contribution in [1.82, 2.24) is 14.5 Å². The Labute approximate surface area is 151 Å². The Hall–Kier alpha value is -2.39. The third-order valence-corrected chi connectivity index (χ3v) is 4.59. The second kappa shape index (κ2) is 6.40. The van der Waals surface area contributed by atoms with Gasteiger partial charge in [0.25, 0.3) is 5.56 Å². The molecule has 1 aromatic carbocycles. The zero-order chi connectivity index (χ0) is 19.2. The third-order valence-electron chi connectivity index (χ3n) is 4.22. The highest BCUT2D eigenvalue weighted by Gasteiger charge is 2.42. The van der Waals surface area contributed by atoms with Gasteiger partial charge in [0.15, 0.2) is 5.82 Å². The van der Waals surface area contributed by atoms with Gasteiger partial charge in [0.1, 0.15) is 18.2 Å². The van der Waals surface area contributed by atoms with E-state index in [0.717, 1.165) is 16.7 Å². The summed E-state index contributed by atoms with van der Waals surface area (Å²) < 4.78 is 39.3. The van der Waals surface area contributed by atoms with Crippen LogP contribution in [-0.2, 0) is 11.0 Å². The molecule has 26 heavy (non-hydrogen) atoms. The van der Waals surface area contributed by atoms with E-state index in [2.05, 4.69) is 9.97 Å². The van der Waals surface area contributed by atoms with E-state index in [-0.39, 0.29) is 11.4 Å². The van der Waals surface area contributed by atoms with Gasteiger partial charge >= 0.3 is 6.18 Å². The first-order valence-corrected chi connectivity index (χ1v) is 7.96. The highest BCUT2D eigenvalue weighted by Crippen LogP contribution is 2.42. The number of hydrogen-bond donors (Lipinski definition) is 1. The van der Waals surface area contributed by atoms with Crippen LogP contribution in [0.3, 0.4) is 0 Å². The number of rotatable bonds is 3. The number of aryl methyl sites for hydroxylation is 1. The van der Waals surface area contributed by atoms with Crippen molar-refractivity contribution in [1.29, 1.82) is 0 Å². The van der Waals surface area contributed by atoms with Crippen LogP contribution in [0.1, 0.15) is 41.5 Å². The number of benzene rings is 1. The van der Waals surface area contributed by atoms with Crippen molar-refractivity contribution in [3.05, 3.63) is 57.1 Å². The summed E-state index contributed by atoms with van der Waals surface area (Å²) in [5, 5.41) is 1.42. The molecule has 2 aromatic rings. The number of hydrogen-bond acceptors (Lipinski definition) is 5. The number of fused-ring (bicyclic) bond motifs is 1. The molecule has 3 rings (SSSR count). The Morgan fingerprint density at radius 2 is 1.92 bits per heavy atom. The summed E-state index contributed by atoms with van der Waals surface area (Å²) in [6.45, 7) is 3.27. The summed E-state index contributed by atoms with van der Waals surface area (Å²) in [5.74, 6) is 0.528. The maximum Gasteiger partial charge on any atom is 0.416 e. The number of carbonyl (C=O) groups excluding carboxylic acids is 1. The molecule has 1 N–H and O–H groups in total. The first-order chi connectivity index (χ1) is 12.1. The second-order valence-electron chi connectivity index (χ2n) is 5.90. The van der Waals surface area contributed by atoms with E-state index < -0.39 is 29.4 Å². The Morgan fingerprint density at radius 3 is 2.46 bits per heavy atom. The molecular weight excluding hydrogens is 373 g/mol. The van der Waals surface area contributed by atoms with Gasteiger partial charge in [-0.1, -0.05) is 12.1 Å². The second-order valence-corrected chi connectivity index (χ2v) is 6.24. The molecule has 0 amide bonds. The summed E-state index contributed by atoms with van der Waals surface area (Å²) in [7, 11) is 0. The average Bonchev–Trinajstić information content (AvgIpc) is 2.85. The van der Waals surface area contributed by atoms with Crippen LogP contribution in [-0.4, -0.2) is 20.8 Å². The van der Waals surface area contributed by atoms with Crippen molar-refractivity contribution in [2.75, 3.05) is 5.01 Å². The molecule has 1 aromatic heterocycles. The molecule has 0 saturated carbocycles. The number of nitrogens with one attached hydrogen (secondary N) is 1. The average molecular weight is 387 g/mol. The molecule has 1 aliphatic rings. The Bertz CT molecular complexity index is 898. The highest BCUT2D eigenvalue weighted by atomic mass is 35.5. The van der Waals surface area contributed by atoms with Crippen LogP contribution >= 0.6 is 11.8 Å². The number of aromatic amines is 1. The van der Waals surface area contributed by atoms with Crippen LogP contribution in [0.5, 0.6) is 0 Å². The van der Waals surface area contributed by atoms with Crippen LogP contribution in [0.15, 0.2) is 29.1 Å². The Balaban J connectivity index is 2.04. The summed E-state index contributed by atoms with van der Waals surface area (Å²) >= 11 is 6.24. The SMILES string of the molecule is Cc1nc2c(c(=O)[nH]1)C(C=O)N(Cl)N2C(C)c1ccc(C(F)(F)F)cc1. The molecule has 0 spiro atoms. The lowest BCUT2D eigenvalue weighted by molar-refractivity contribution is -0.137. The summed E-state index contributed by atoms with van der Waals surface area (Å²) in [6.07, 6.45) is -3.92. The molecule has 0 bridgehead atoms. The topological polar surface area (TPSA) is 69.3 Å². The Kier molecular flexibility index (Phi) is 4.53. The van der Waals surface area contributed by atoms with Gasteiger partial charge in [-0.15, -0.1) is 4.53 Å². The van der Waals surface area contributed by atoms with Gasteiger partial charge in [0, 0.05) is 11.8 Å². The number of anilines is 1. The molecule has 2 heterocycles. The maximum atomic E-state index is 12.7. The number of alkyl halides is 3. The predicted octanol–water partition coefficient (Wildman–Crippen LogP) is 3.29. The maximum absolute atomic E-state index is 12.7. The van der Waals surface area contributed by atoms with Gasteiger partial charge in [-0.3, -0.25) is 9.80 Å². The van der Waals surface area contributed by atoms with Crippen LogP contribution in [0.25, 0.3) is 0 Å². The standard InChI is InChI=1S/C16H14ClF3N4O2/c1-8(10-3-5-11(6-4-10)16(18,19)20)23-14-13(12(7-25)24(23)17)15(26)22-9(2)21-14/h3-8,12H,1-2H3,(H,21,22,26). The van der Waals surface area contributed by atoms with Crippen molar-refractivity contribution in [3.8, 4) is 0 Å². The summed E-state index contributed by atoms with van der Waals surface area (Å²) in [5.41, 5.74) is -0.646. The van der Waals surface area contributed by atoms with Gasteiger partial charge in [-0.2, -0.15) is 13.2 Å². The van der Waals surface area contributed by atoms with Gasteiger partial charge < -0.3 is 9.78 Å². The van der Waals surface area contributed by atoms with Crippen molar-refractivity contribution >= 4 is 23.9 Å². The van der Waals surface area contributed by atoms with E-state index in [1.165, 1.54) is 17.1 Å². The molecule has 0 radical (unpaired) electrons. The minimum Gasteiger partial charge on any atom is -0.310 e. The fraction of sp³-hybridized carbons (Fsp3) is 0.312. The first kappa shape index (κ1) is 18.4. The molecule has 1 aliphatic heterocycles. The predicted molar refractivity (Wildman–Crippen MR) is 88.4 cm³/mol. The monoisotopic (exact) mass is 386 g/mol. The van der Waals surface area contributed by atoms with Crippen LogP contribution in [0.2, 0.25) is 0 Å². The van der Waals surface area contributed by atoms with Crippen molar-refractivity contribution < 1.29 is 18.0 Å². The van der Waals surface area contributed by atoms with E-state index in [0.29, 0.717) is 17.7 Å². The Morgan fingerprint density at radius 1 is 1.31 bits per heavy atom. The number of nitrogens with zero attached hydrogens (tertiary/aromatic N) is 3. The van der Waals surface area contributed by atoms with E-state index in [1.807, 2.05) is 0 Å². The minimum absolute atomic E-state index is 0.0966. The van der Waals surface area contributed by atoms with E-state index in [1.54, 1.807) is 13.8 Å². The molecule has 2 unspecified atom stereocenters. The molecule has 0 saturated heterocycles. The molecule has 6 nitrogen and oxygen atoms in total. The quantitative estimate of drug-likeness (QED) is 0.647. The van der Waals surface area contributed by atoms with Gasteiger partial charge in [-0.05, 0) is 31.5 Å². The number of H-pyrrole nitrogens is 1.